The summed E-state index contributed by atoms with van der Waals surface area (Å²) in [5, 5.41) is 0. The average Bonchev–Trinajstić information content (AvgIpc) is 2.27. The first kappa shape index (κ1) is 13.2. The van der Waals surface area contributed by atoms with E-state index in [4.69, 9.17) is 10.5 Å². The molecule has 16 heavy (non-hydrogen) atoms. The van der Waals surface area contributed by atoms with Gasteiger partial charge in [-0.3, -0.25) is 4.21 Å². The van der Waals surface area contributed by atoms with Crippen molar-refractivity contribution in [3.8, 4) is 0 Å². The van der Waals surface area contributed by atoms with Crippen molar-refractivity contribution in [3.05, 3.63) is 24.3 Å². The van der Waals surface area contributed by atoms with E-state index in [2.05, 4.69) is 0 Å². The van der Waals surface area contributed by atoms with E-state index in [1.165, 1.54) is 0 Å². The zero-order valence-electron chi connectivity index (χ0n) is 10.0. The van der Waals surface area contributed by atoms with E-state index in [1.807, 2.05) is 32.0 Å². The van der Waals surface area contributed by atoms with Crippen molar-refractivity contribution in [3.63, 3.8) is 0 Å². The van der Waals surface area contributed by atoms with Crippen LogP contribution in [-0.4, -0.2) is 22.7 Å². The van der Waals surface area contributed by atoms with Crippen molar-refractivity contribution < 1.29 is 8.95 Å². The number of nitrogen functional groups attached to an aromatic ring is 1. The van der Waals surface area contributed by atoms with Crippen LogP contribution >= 0.6 is 0 Å². The van der Waals surface area contributed by atoms with E-state index in [0.29, 0.717) is 11.4 Å². The first-order valence-electron chi connectivity index (χ1n) is 5.24. The lowest BCUT2D eigenvalue weighted by Gasteiger charge is -2.22. The Balaban J connectivity index is 2.64. The Bertz CT molecular complexity index is 377. The zero-order valence-corrected chi connectivity index (χ0v) is 10.8. The van der Waals surface area contributed by atoms with Crippen molar-refractivity contribution in [2.24, 2.45) is 0 Å². The second-order valence-corrected chi connectivity index (χ2v) is 5.84. The van der Waals surface area contributed by atoms with Gasteiger partial charge >= 0.3 is 0 Å². The van der Waals surface area contributed by atoms with Crippen LogP contribution in [0.15, 0.2) is 29.2 Å². The minimum absolute atomic E-state index is 0.237. The predicted octanol–water partition coefficient (Wildman–Crippen LogP) is 2.19. The molecular formula is C12H19NO2S. The van der Waals surface area contributed by atoms with Gasteiger partial charge in [-0.2, -0.15) is 0 Å². The van der Waals surface area contributed by atoms with Crippen LogP contribution in [-0.2, 0) is 15.5 Å². The van der Waals surface area contributed by atoms with Crippen LogP contribution in [0.3, 0.4) is 0 Å². The van der Waals surface area contributed by atoms with Crippen LogP contribution in [0.2, 0.25) is 0 Å². The van der Waals surface area contributed by atoms with Crippen LogP contribution in [0.5, 0.6) is 0 Å². The van der Waals surface area contributed by atoms with Gasteiger partial charge in [0.05, 0.1) is 21.3 Å². The van der Waals surface area contributed by atoms with Gasteiger partial charge in [0.25, 0.3) is 0 Å². The lowest BCUT2D eigenvalue weighted by atomic mass is 10.1. The molecule has 0 spiro atoms. The van der Waals surface area contributed by atoms with Gasteiger partial charge in [-0.05, 0) is 32.4 Å². The fourth-order valence-corrected chi connectivity index (χ4v) is 2.70. The Morgan fingerprint density at radius 2 is 2.00 bits per heavy atom. The molecule has 0 radical (unpaired) electrons. The molecule has 4 heteroatoms. The molecule has 0 aromatic heterocycles. The van der Waals surface area contributed by atoms with Gasteiger partial charge in [-0.1, -0.05) is 12.1 Å². The number of ether oxygens (including phenoxy) is 1. The highest BCUT2D eigenvalue weighted by Crippen LogP contribution is 2.19. The highest BCUT2D eigenvalue weighted by Gasteiger charge is 2.18. The molecule has 0 saturated heterocycles. The summed E-state index contributed by atoms with van der Waals surface area (Å²) in [4.78, 5) is 0.717. The maximum atomic E-state index is 12.0. The summed E-state index contributed by atoms with van der Waals surface area (Å²) >= 11 is 0. The number of hydrogen-bond donors (Lipinski definition) is 1. The second kappa shape index (κ2) is 5.46. The highest BCUT2D eigenvalue weighted by molar-refractivity contribution is 7.85. The lowest BCUT2D eigenvalue weighted by Crippen LogP contribution is -2.25. The minimum Gasteiger partial charge on any atom is -0.398 e. The largest absolute Gasteiger partial charge is 0.398 e. The maximum Gasteiger partial charge on any atom is 0.0631 e. The normalized spacial score (nSPS) is 13.7. The molecule has 0 aliphatic heterocycles. The molecule has 1 unspecified atom stereocenters. The Morgan fingerprint density at radius 3 is 2.56 bits per heavy atom. The third kappa shape index (κ3) is 3.61. The topological polar surface area (TPSA) is 52.3 Å². The van der Waals surface area contributed by atoms with E-state index in [9.17, 15) is 4.21 Å². The number of nitrogens with two attached hydrogens (primary N) is 1. The van der Waals surface area contributed by atoms with Crippen molar-refractivity contribution in [2.45, 2.75) is 30.8 Å². The smallest absolute Gasteiger partial charge is 0.0631 e. The van der Waals surface area contributed by atoms with Gasteiger partial charge in [-0.15, -0.1) is 0 Å². The summed E-state index contributed by atoms with van der Waals surface area (Å²) in [6.45, 7) is 3.97. The molecule has 1 atom stereocenters. The monoisotopic (exact) mass is 241 g/mol. The van der Waals surface area contributed by atoms with Crippen molar-refractivity contribution in [2.75, 3.05) is 18.6 Å². The van der Waals surface area contributed by atoms with E-state index in [1.54, 1.807) is 13.2 Å². The summed E-state index contributed by atoms with van der Waals surface area (Å²) in [6.07, 6.45) is 0.741. The number of anilines is 1. The molecule has 2 N–H and O–H groups in total. The van der Waals surface area contributed by atoms with Gasteiger partial charge in [0.2, 0.25) is 0 Å². The molecule has 1 aromatic rings. The third-order valence-corrected chi connectivity index (χ3v) is 4.04. The Hall–Kier alpha value is -0.870. The van der Waals surface area contributed by atoms with Crippen molar-refractivity contribution in [1.82, 2.24) is 0 Å². The molecule has 3 nitrogen and oxygen atoms in total. The minimum atomic E-state index is -1.05. The number of rotatable bonds is 5. The first-order valence-corrected chi connectivity index (χ1v) is 6.56. The SMILES string of the molecule is COC(C)(C)CCS(=O)c1ccccc1N. The Morgan fingerprint density at radius 1 is 1.38 bits per heavy atom. The Kier molecular flexibility index (Phi) is 4.50. The lowest BCUT2D eigenvalue weighted by molar-refractivity contribution is 0.0205. The summed E-state index contributed by atoms with van der Waals surface area (Å²) in [6, 6.07) is 7.28. The highest BCUT2D eigenvalue weighted by atomic mass is 32.2. The predicted molar refractivity (Wildman–Crippen MR) is 67.8 cm³/mol. The summed E-state index contributed by atoms with van der Waals surface area (Å²) in [5.41, 5.74) is 6.13. The van der Waals surface area contributed by atoms with Crippen LogP contribution in [0.1, 0.15) is 20.3 Å². The molecule has 90 valence electrons. The van der Waals surface area contributed by atoms with E-state index in [0.717, 1.165) is 11.3 Å². The zero-order chi connectivity index (χ0) is 12.2. The van der Waals surface area contributed by atoms with Crippen LogP contribution < -0.4 is 5.73 Å². The van der Waals surface area contributed by atoms with Gasteiger partial charge in [0.1, 0.15) is 0 Å². The summed E-state index contributed by atoms with van der Waals surface area (Å²) in [5.74, 6) is 0.565. The standard InChI is InChI=1S/C12H19NO2S/c1-12(2,15-3)8-9-16(14)11-7-5-4-6-10(11)13/h4-7H,8-9,13H2,1-3H3. The molecule has 0 aliphatic carbocycles. The van der Waals surface area contributed by atoms with Crippen LogP contribution in [0.4, 0.5) is 5.69 Å². The van der Waals surface area contributed by atoms with Gasteiger partial charge in [0, 0.05) is 18.6 Å². The van der Waals surface area contributed by atoms with Crippen molar-refractivity contribution in [1.29, 1.82) is 0 Å². The number of para-hydroxylation sites is 1. The number of hydrogen-bond acceptors (Lipinski definition) is 3. The summed E-state index contributed by atoms with van der Waals surface area (Å²) in [7, 11) is 0.618. The fraction of sp³-hybridized carbons (Fsp3) is 0.500. The fourth-order valence-electron chi connectivity index (χ4n) is 1.24. The average molecular weight is 241 g/mol. The molecule has 0 saturated carbocycles. The third-order valence-electron chi connectivity index (χ3n) is 2.61. The first-order chi connectivity index (χ1) is 7.46. The molecule has 0 aliphatic rings. The molecule has 1 rings (SSSR count). The van der Waals surface area contributed by atoms with Crippen LogP contribution in [0, 0.1) is 0 Å². The maximum absolute atomic E-state index is 12.0. The molecular weight excluding hydrogens is 222 g/mol. The molecule has 0 heterocycles. The molecule has 0 amide bonds. The molecule has 0 bridgehead atoms. The molecule has 0 fully saturated rings. The quantitative estimate of drug-likeness (QED) is 0.804. The van der Waals surface area contributed by atoms with E-state index < -0.39 is 10.8 Å². The van der Waals surface area contributed by atoms with E-state index >= 15 is 0 Å². The Labute approximate surface area is 99.4 Å². The number of benzene rings is 1. The summed E-state index contributed by atoms with van der Waals surface area (Å²) < 4.78 is 17.3. The van der Waals surface area contributed by atoms with E-state index in [-0.39, 0.29) is 5.60 Å². The van der Waals surface area contributed by atoms with Gasteiger partial charge in [0.15, 0.2) is 0 Å². The number of methoxy groups -OCH3 is 1. The van der Waals surface area contributed by atoms with Gasteiger partial charge < -0.3 is 10.5 Å². The molecule has 1 aromatic carbocycles. The van der Waals surface area contributed by atoms with Crippen molar-refractivity contribution >= 4 is 16.5 Å². The van der Waals surface area contributed by atoms with Crippen LogP contribution in [0.25, 0.3) is 0 Å². The van der Waals surface area contributed by atoms with Gasteiger partial charge in [-0.25, -0.2) is 0 Å². The second-order valence-electron chi connectivity index (χ2n) is 4.30.